The Labute approximate surface area is 120 Å². The third-order valence-electron chi connectivity index (χ3n) is 3.80. The van der Waals surface area contributed by atoms with Crippen LogP contribution in [0, 0.1) is 13.8 Å². The first kappa shape index (κ1) is 14.6. The Morgan fingerprint density at radius 1 is 1.15 bits per heavy atom. The summed E-state index contributed by atoms with van der Waals surface area (Å²) in [5, 5.41) is 0. The van der Waals surface area contributed by atoms with Crippen molar-refractivity contribution in [3.8, 4) is 5.75 Å². The van der Waals surface area contributed by atoms with E-state index in [-0.39, 0.29) is 6.04 Å². The Hall–Kier alpha value is -1.84. The largest absolute Gasteiger partial charge is 0.497 e. The zero-order chi connectivity index (χ0) is 14.5. The number of ether oxygens (including phenoxy) is 1. The van der Waals surface area contributed by atoms with Crippen molar-refractivity contribution in [3.63, 3.8) is 0 Å². The van der Waals surface area contributed by atoms with E-state index in [9.17, 15) is 0 Å². The first-order valence-corrected chi connectivity index (χ1v) is 6.81. The van der Waals surface area contributed by atoms with Crippen molar-refractivity contribution in [2.24, 2.45) is 5.84 Å². The summed E-state index contributed by atoms with van der Waals surface area (Å²) in [5.74, 6) is 6.64. The van der Waals surface area contributed by atoms with Crippen molar-refractivity contribution in [1.29, 1.82) is 0 Å². The molecule has 3 nitrogen and oxygen atoms in total. The first-order chi connectivity index (χ1) is 9.65. The third-order valence-corrected chi connectivity index (χ3v) is 3.80. The maximum atomic E-state index is 5.76. The molecule has 2 aromatic carbocycles. The van der Waals surface area contributed by atoms with Crippen molar-refractivity contribution in [2.45, 2.75) is 26.3 Å². The Kier molecular flexibility index (Phi) is 4.77. The van der Waals surface area contributed by atoms with Crippen LogP contribution in [0.25, 0.3) is 0 Å². The van der Waals surface area contributed by atoms with E-state index in [1.165, 1.54) is 22.3 Å². The lowest BCUT2D eigenvalue weighted by Gasteiger charge is -2.20. The van der Waals surface area contributed by atoms with Crippen molar-refractivity contribution in [2.75, 3.05) is 7.11 Å². The predicted molar refractivity (Wildman–Crippen MR) is 82.7 cm³/mol. The molecule has 0 saturated heterocycles. The van der Waals surface area contributed by atoms with Gasteiger partial charge in [0.25, 0.3) is 0 Å². The van der Waals surface area contributed by atoms with Crippen molar-refractivity contribution in [1.82, 2.24) is 5.43 Å². The number of nitrogens with one attached hydrogen (secondary N) is 1. The van der Waals surface area contributed by atoms with Gasteiger partial charge in [0.2, 0.25) is 0 Å². The van der Waals surface area contributed by atoms with Crippen LogP contribution in [0.1, 0.15) is 28.3 Å². The van der Waals surface area contributed by atoms with Gasteiger partial charge < -0.3 is 4.74 Å². The van der Waals surface area contributed by atoms with Gasteiger partial charge in [-0.25, -0.2) is 0 Å². The lowest BCUT2D eigenvalue weighted by atomic mass is 9.93. The topological polar surface area (TPSA) is 47.3 Å². The van der Waals surface area contributed by atoms with Gasteiger partial charge in [0.1, 0.15) is 5.75 Å². The molecule has 0 aliphatic heterocycles. The van der Waals surface area contributed by atoms with Gasteiger partial charge in [0, 0.05) is 0 Å². The van der Waals surface area contributed by atoms with Gasteiger partial charge in [0.15, 0.2) is 0 Å². The smallest absolute Gasteiger partial charge is 0.119 e. The van der Waals surface area contributed by atoms with E-state index in [4.69, 9.17) is 10.6 Å². The summed E-state index contributed by atoms with van der Waals surface area (Å²) in [5.41, 5.74) is 7.95. The third kappa shape index (κ3) is 3.18. The van der Waals surface area contributed by atoms with Crippen LogP contribution in [0.4, 0.5) is 0 Å². The molecule has 20 heavy (non-hydrogen) atoms. The summed E-state index contributed by atoms with van der Waals surface area (Å²) in [6.07, 6.45) is 0.831. The van der Waals surface area contributed by atoms with E-state index < -0.39 is 0 Å². The number of nitrogens with two attached hydrogens (primary N) is 1. The zero-order valence-electron chi connectivity index (χ0n) is 12.3. The van der Waals surface area contributed by atoms with Gasteiger partial charge in [-0.2, -0.15) is 0 Å². The number of hydrazine groups is 1. The average Bonchev–Trinajstić information content (AvgIpc) is 2.48. The Morgan fingerprint density at radius 2 is 1.90 bits per heavy atom. The van der Waals surface area contributed by atoms with Gasteiger partial charge >= 0.3 is 0 Å². The fraction of sp³-hybridized carbons (Fsp3) is 0.294. The molecular weight excluding hydrogens is 248 g/mol. The molecule has 0 amide bonds. The second-order valence-corrected chi connectivity index (χ2v) is 5.06. The lowest BCUT2D eigenvalue weighted by Crippen LogP contribution is -2.30. The SMILES string of the molecule is COc1cccc(CC(NN)c2cccc(C)c2C)c1. The molecule has 1 atom stereocenters. The standard InChI is InChI=1S/C17H22N2O/c1-12-6-4-9-16(13(12)2)17(19-18)11-14-7-5-8-15(10-14)20-3/h4-10,17,19H,11,18H2,1-3H3. The van der Waals surface area contributed by atoms with Crippen LogP contribution in [0.5, 0.6) is 5.75 Å². The minimum absolute atomic E-state index is 0.0991. The molecule has 106 valence electrons. The second kappa shape index (κ2) is 6.55. The Morgan fingerprint density at radius 3 is 2.60 bits per heavy atom. The number of hydrogen-bond acceptors (Lipinski definition) is 3. The van der Waals surface area contributed by atoms with Crippen LogP contribution in [0.2, 0.25) is 0 Å². The molecule has 0 aliphatic rings. The van der Waals surface area contributed by atoms with E-state index in [0.29, 0.717) is 0 Å². The monoisotopic (exact) mass is 270 g/mol. The summed E-state index contributed by atoms with van der Waals surface area (Å²) < 4.78 is 5.27. The van der Waals surface area contributed by atoms with Crippen LogP contribution in [-0.4, -0.2) is 7.11 Å². The summed E-state index contributed by atoms with van der Waals surface area (Å²) >= 11 is 0. The van der Waals surface area contributed by atoms with Crippen LogP contribution < -0.4 is 16.0 Å². The predicted octanol–water partition coefficient (Wildman–Crippen LogP) is 3.06. The number of aryl methyl sites for hydroxylation is 1. The molecular formula is C17H22N2O. The van der Waals surface area contributed by atoms with Crippen molar-refractivity contribution in [3.05, 3.63) is 64.7 Å². The molecule has 0 radical (unpaired) electrons. The average molecular weight is 270 g/mol. The van der Waals surface area contributed by atoms with Gasteiger partial charge in [-0.1, -0.05) is 30.3 Å². The summed E-state index contributed by atoms with van der Waals surface area (Å²) in [6, 6.07) is 14.5. The van der Waals surface area contributed by atoms with E-state index in [1.54, 1.807) is 7.11 Å². The van der Waals surface area contributed by atoms with Crippen LogP contribution in [0.3, 0.4) is 0 Å². The minimum atomic E-state index is 0.0991. The van der Waals surface area contributed by atoms with Gasteiger partial charge in [-0.3, -0.25) is 11.3 Å². The molecule has 2 rings (SSSR count). The molecule has 0 bridgehead atoms. The molecule has 0 heterocycles. The number of hydrogen-bond donors (Lipinski definition) is 2. The molecule has 3 N–H and O–H groups in total. The summed E-state index contributed by atoms with van der Waals surface area (Å²) in [4.78, 5) is 0. The molecule has 1 unspecified atom stereocenters. The van der Waals surface area contributed by atoms with E-state index in [2.05, 4.69) is 49.6 Å². The Bertz CT molecular complexity index is 581. The highest BCUT2D eigenvalue weighted by Gasteiger charge is 2.14. The highest BCUT2D eigenvalue weighted by Crippen LogP contribution is 2.24. The van der Waals surface area contributed by atoms with E-state index in [0.717, 1.165) is 12.2 Å². The number of rotatable bonds is 5. The first-order valence-electron chi connectivity index (χ1n) is 6.81. The highest BCUT2D eigenvalue weighted by molar-refractivity contribution is 5.37. The van der Waals surface area contributed by atoms with Crippen LogP contribution in [-0.2, 0) is 6.42 Å². The Balaban J connectivity index is 2.26. The van der Waals surface area contributed by atoms with E-state index in [1.807, 2.05) is 12.1 Å². The molecule has 2 aromatic rings. The fourth-order valence-electron chi connectivity index (χ4n) is 2.45. The molecule has 0 aromatic heterocycles. The van der Waals surface area contributed by atoms with Crippen molar-refractivity contribution >= 4 is 0 Å². The van der Waals surface area contributed by atoms with Gasteiger partial charge in [-0.05, 0) is 54.7 Å². The maximum Gasteiger partial charge on any atom is 0.119 e. The molecule has 0 aliphatic carbocycles. The quantitative estimate of drug-likeness (QED) is 0.648. The van der Waals surface area contributed by atoms with Gasteiger partial charge in [-0.15, -0.1) is 0 Å². The van der Waals surface area contributed by atoms with Crippen molar-refractivity contribution < 1.29 is 4.74 Å². The number of methoxy groups -OCH3 is 1. The molecule has 0 saturated carbocycles. The summed E-state index contributed by atoms with van der Waals surface area (Å²) in [7, 11) is 1.68. The van der Waals surface area contributed by atoms with Gasteiger partial charge in [0.05, 0.1) is 13.2 Å². The van der Waals surface area contributed by atoms with Crippen LogP contribution >= 0.6 is 0 Å². The fourth-order valence-corrected chi connectivity index (χ4v) is 2.45. The normalized spacial score (nSPS) is 12.2. The molecule has 0 fully saturated rings. The minimum Gasteiger partial charge on any atom is -0.497 e. The number of benzene rings is 2. The second-order valence-electron chi connectivity index (χ2n) is 5.06. The summed E-state index contributed by atoms with van der Waals surface area (Å²) in [6.45, 7) is 4.26. The lowest BCUT2D eigenvalue weighted by molar-refractivity contribution is 0.414. The zero-order valence-corrected chi connectivity index (χ0v) is 12.3. The van der Waals surface area contributed by atoms with E-state index >= 15 is 0 Å². The molecule has 3 heteroatoms. The maximum absolute atomic E-state index is 5.76. The van der Waals surface area contributed by atoms with Crippen LogP contribution in [0.15, 0.2) is 42.5 Å². The molecule has 0 spiro atoms. The highest BCUT2D eigenvalue weighted by atomic mass is 16.5.